The van der Waals surface area contributed by atoms with E-state index in [1.807, 2.05) is 0 Å². The molecule has 1 aliphatic rings. The van der Waals surface area contributed by atoms with Crippen LogP contribution in [0, 0.1) is 0 Å². The van der Waals surface area contributed by atoms with Crippen LogP contribution in [0.15, 0.2) is 4.99 Å². The first kappa shape index (κ1) is 13.3. The highest BCUT2D eigenvalue weighted by Gasteiger charge is 2.12. The predicted octanol–water partition coefficient (Wildman–Crippen LogP) is 1.04. The first-order valence-electron chi connectivity index (χ1n) is 6.39. The van der Waals surface area contributed by atoms with Gasteiger partial charge in [-0.3, -0.25) is 9.89 Å². The number of hydrogen-bond acceptors (Lipinski definition) is 4. The minimum Gasteiger partial charge on any atom is -0.356 e. The molecule has 0 radical (unpaired) electrons. The Balaban J connectivity index is 2.24. The van der Waals surface area contributed by atoms with Gasteiger partial charge in [0, 0.05) is 38.3 Å². The number of guanidine groups is 1. The fourth-order valence-electron chi connectivity index (χ4n) is 2.07. The van der Waals surface area contributed by atoms with Gasteiger partial charge in [-0.2, -0.15) is 0 Å². The molecule has 0 saturated carbocycles. The van der Waals surface area contributed by atoms with E-state index in [-0.39, 0.29) is 0 Å². The normalized spacial score (nSPS) is 16.6. The number of nitrogens with zero attached hydrogens (tertiary/aromatic N) is 2. The van der Waals surface area contributed by atoms with Gasteiger partial charge >= 0.3 is 0 Å². The second kappa shape index (κ2) is 6.74. The van der Waals surface area contributed by atoms with E-state index in [2.05, 4.69) is 48.2 Å². The summed E-state index contributed by atoms with van der Waals surface area (Å²) >= 11 is 0. The zero-order chi connectivity index (χ0) is 12.0. The lowest BCUT2D eigenvalue weighted by molar-refractivity contribution is 0.178. The fraction of sp³-hybridized carbons (Fsp3) is 0.917. The summed E-state index contributed by atoms with van der Waals surface area (Å²) in [6, 6.07) is 1.20. The zero-order valence-corrected chi connectivity index (χ0v) is 11.1. The molecule has 0 aromatic carbocycles. The molecule has 4 heteroatoms. The first-order valence-corrected chi connectivity index (χ1v) is 6.39. The van der Waals surface area contributed by atoms with Crippen molar-refractivity contribution in [1.82, 2.24) is 15.5 Å². The van der Waals surface area contributed by atoms with Crippen LogP contribution in [-0.2, 0) is 0 Å². The topological polar surface area (TPSA) is 39.7 Å². The Bertz CT molecular complexity index is 215. The Kier molecular flexibility index (Phi) is 5.60. The van der Waals surface area contributed by atoms with Gasteiger partial charge in [-0.15, -0.1) is 0 Å². The van der Waals surface area contributed by atoms with E-state index in [1.54, 1.807) is 0 Å². The van der Waals surface area contributed by atoms with E-state index in [1.165, 1.54) is 0 Å². The van der Waals surface area contributed by atoms with Crippen molar-refractivity contribution < 1.29 is 0 Å². The van der Waals surface area contributed by atoms with Crippen molar-refractivity contribution >= 4 is 5.96 Å². The average molecular weight is 226 g/mol. The van der Waals surface area contributed by atoms with Gasteiger partial charge in [0.25, 0.3) is 0 Å². The molecule has 0 aromatic heterocycles. The minimum absolute atomic E-state index is 0.600. The molecule has 0 unspecified atom stereocenters. The highest BCUT2D eigenvalue weighted by Crippen LogP contribution is 2.03. The fourth-order valence-corrected chi connectivity index (χ4v) is 2.07. The lowest BCUT2D eigenvalue weighted by Gasteiger charge is -2.30. The van der Waals surface area contributed by atoms with E-state index in [0.29, 0.717) is 12.1 Å². The van der Waals surface area contributed by atoms with E-state index >= 15 is 0 Å². The van der Waals surface area contributed by atoms with Gasteiger partial charge in [0.05, 0.1) is 0 Å². The van der Waals surface area contributed by atoms with Gasteiger partial charge < -0.3 is 10.6 Å². The molecule has 0 aliphatic carbocycles. The monoisotopic (exact) mass is 226 g/mol. The quantitative estimate of drug-likeness (QED) is 0.736. The molecule has 1 rings (SSSR count). The van der Waals surface area contributed by atoms with Crippen LogP contribution in [0.4, 0.5) is 0 Å². The van der Waals surface area contributed by atoms with E-state index in [4.69, 9.17) is 0 Å². The van der Waals surface area contributed by atoms with Crippen LogP contribution in [0.5, 0.6) is 0 Å². The molecule has 0 aromatic rings. The summed E-state index contributed by atoms with van der Waals surface area (Å²) in [5.74, 6) is 0.971. The van der Waals surface area contributed by atoms with Crippen molar-refractivity contribution in [3.63, 3.8) is 0 Å². The van der Waals surface area contributed by atoms with Gasteiger partial charge in [-0.25, -0.2) is 0 Å². The zero-order valence-electron chi connectivity index (χ0n) is 11.1. The van der Waals surface area contributed by atoms with Gasteiger partial charge in [0.1, 0.15) is 0 Å². The second-order valence-electron chi connectivity index (χ2n) is 4.86. The van der Waals surface area contributed by atoms with Crippen molar-refractivity contribution in [3.8, 4) is 0 Å². The lowest BCUT2D eigenvalue weighted by atomic mass is 10.2. The highest BCUT2D eigenvalue weighted by molar-refractivity contribution is 5.80. The maximum Gasteiger partial charge on any atom is 0.191 e. The largest absolute Gasteiger partial charge is 0.356 e. The Morgan fingerprint density at radius 2 is 2.00 bits per heavy atom. The number of aliphatic imine (C=N–C) groups is 1. The van der Waals surface area contributed by atoms with Crippen molar-refractivity contribution in [2.24, 2.45) is 4.99 Å². The predicted molar refractivity (Wildman–Crippen MR) is 69.9 cm³/mol. The summed E-state index contributed by atoms with van der Waals surface area (Å²) in [5.41, 5.74) is 0. The molecule has 1 aliphatic heterocycles. The van der Waals surface area contributed by atoms with E-state index < -0.39 is 0 Å². The molecule has 94 valence electrons. The molecule has 0 bridgehead atoms. The molecular formula is C12H26N4. The SMILES string of the molecule is CC(C)N(CCNC1=NCCCN1)C(C)C. The first-order chi connectivity index (χ1) is 7.61. The van der Waals surface area contributed by atoms with Crippen molar-refractivity contribution in [2.45, 2.75) is 46.2 Å². The number of rotatable bonds is 5. The lowest BCUT2D eigenvalue weighted by Crippen LogP contribution is -2.46. The molecule has 0 amide bonds. The van der Waals surface area contributed by atoms with Gasteiger partial charge in [-0.1, -0.05) is 0 Å². The molecule has 0 fully saturated rings. The molecule has 16 heavy (non-hydrogen) atoms. The van der Waals surface area contributed by atoms with Gasteiger partial charge in [0.15, 0.2) is 5.96 Å². The van der Waals surface area contributed by atoms with Crippen molar-refractivity contribution in [2.75, 3.05) is 26.2 Å². The summed E-state index contributed by atoms with van der Waals surface area (Å²) in [7, 11) is 0. The van der Waals surface area contributed by atoms with Crippen LogP contribution in [0.3, 0.4) is 0 Å². The molecule has 4 nitrogen and oxygen atoms in total. The minimum atomic E-state index is 0.600. The summed E-state index contributed by atoms with van der Waals surface area (Å²) in [4.78, 5) is 6.87. The van der Waals surface area contributed by atoms with Crippen molar-refractivity contribution in [1.29, 1.82) is 0 Å². The molecule has 2 N–H and O–H groups in total. The summed E-state index contributed by atoms with van der Waals surface area (Å²) < 4.78 is 0. The maximum atomic E-state index is 4.39. The van der Waals surface area contributed by atoms with Crippen LogP contribution >= 0.6 is 0 Å². The maximum absolute atomic E-state index is 4.39. The van der Waals surface area contributed by atoms with Gasteiger partial charge in [-0.05, 0) is 34.1 Å². The van der Waals surface area contributed by atoms with Crippen LogP contribution in [0.1, 0.15) is 34.1 Å². The highest BCUT2D eigenvalue weighted by atomic mass is 15.2. The van der Waals surface area contributed by atoms with Crippen molar-refractivity contribution in [3.05, 3.63) is 0 Å². The molecule has 0 atom stereocenters. The molecular weight excluding hydrogens is 200 g/mol. The Labute approximate surface area is 99.5 Å². The summed E-state index contributed by atoms with van der Waals surface area (Å²) in [5, 5.41) is 6.63. The third-order valence-corrected chi connectivity index (χ3v) is 2.89. The average Bonchev–Trinajstić information content (AvgIpc) is 2.24. The number of nitrogens with one attached hydrogen (secondary N) is 2. The van der Waals surface area contributed by atoms with Gasteiger partial charge in [0.2, 0.25) is 0 Å². The Morgan fingerprint density at radius 1 is 1.31 bits per heavy atom. The van der Waals surface area contributed by atoms with Crippen LogP contribution in [0.25, 0.3) is 0 Å². The van der Waals surface area contributed by atoms with E-state index in [0.717, 1.165) is 38.6 Å². The third-order valence-electron chi connectivity index (χ3n) is 2.89. The molecule has 0 saturated heterocycles. The number of hydrogen-bond donors (Lipinski definition) is 2. The Hall–Kier alpha value is -0.770. The van der Waals surface area contributed by atoms with Crippen LogP contribution in [0.2, 0.25) is 0 Å². The van der Waals surface area contributed by atoms with Crippen LogP contribution < -0.4 is 10.6 Å². The third kappa shape index (κ3) is 4.39. The second-order valence-corrected chi connectivity index (χ2v) is 4.86. The Morgan fingerprint density at radius 3 is 2.50 bits per heavy atom. The molecule has 1 heterocycles. The van der Waals surface area contributed by atoms with E-state index in [9.17, 15) is 0 Å². The standard InChI is InChI=1S/C12H26N4/c1-10(2)16(11(3)4)9-8-15-12-13-6-5-7-14-12/h10-11H,5-9H2,1-4H3,(H2,13,14,15). The molecule has 0 spiro atoms. The summed E-state index contributed by atoms with van der Waals surface area (Å²) in [6.07, 6.45) is 1.15. The van der Waals surface area contributed by atoms with Crippen LogP contribution in [-0.4, -0.2) is 49.1 Å². The smallest absolute Gasteiger partial charge is 0.191 e. The summed E-state index contributed by atoms with van der Waals surface area (Å²) in [6.45, 7) is 13.0.